The molecule has 1 aliphatic heterocycles. The molecule has 102 valence electrons. The third-order valence-corrected chi connectivity index (χ3v) is 3.28. The molecule has 0 aliphatic carbocycles. The van der Waals surface area contributed by atoms with E-state index in [1.165, 1.54) is 6.92 Å². The molecule has 0 radical (unpaired) electrons. The van der Waals surface area contributed by atoms with E-state index in [2.05, 4.69) is 10.6 Å². The fourth-order valence-corrected chi connectivity index (χ4v) is 2.04. The highest BCUT2D eigenvalue weighted by atomic mass is 16.2. The maximum atomic E-state index is 11.9. The van der Waals surface area contributed by atoms with Gasteiger partial charge in [-0.05, 0) is 33.7 Å². The molecule has 2 N–H and O–H groups in total. The zero-order valence-electron chi connectivity index (χ0n) is 11.2. The number of hydrogen-bond donors (Lipinski definition) is 2. The van der Waals surface area contributed by atoms with Gasteiger partial charge in [-0.25, -0.2) is 0 Å². The number of likely N-dealkylation sites (N-methyl/N-ethyl adjacent to an activating group) is 1. The standard InChI is InChI=1S/C12H21N3O3/c1-8(13-3)12(18)14-7-11(17)15-6-4-5-10(15)9(2)16/h8,10,13H,4-7H2,1-3H3,(H,14,18). The van der Waals surface area contributed by atoms with Crippen molar-refractivity contribution in [3.63, 3.8) is 0 Å². The lowest BCUT2D eigenvalue weighted by atomic mass is 10.1. The van der Waals surface area contributed by atoms with Crippen LogP contribution in [0, 0.1) is 0 Å². The summed E-state index contributed by atoms with van der Waals surface area (Å²) in [6.07, 6.45) is 1.57. The first-order valence-corrected chi connectivity index (χ1v) is 6.22. The first-order valence-electron chi connectivity index (χ1n) is 6.22. The van der Waals surface area contributed by atoms with Crippen LogP contribution in [0.25, 0.3) is 0 Å². The molecule has 0 aromatic rings. The number of rotatable bonds is 5. The number of hydrogen-bond acceptors (Lipinski definition) is 4. The van der Waals surface area contributed by atoms with Gasteiger partial charge in [0.25, 0.3) is 0 Å². The average molecular weight is 255 g/mol. The number of amides is 2. The van der Waals surface area contributed by atoms with Gasteiger partial charge < -0.3 is 15.5 Å². The maximum Gasteiger partial charge on any atom is 0.242 e. The lowest BCUT2D eigenvalue weighted by molar-refractivity contribution is -0.137. The predicted octanol–water partition coefficient (Wildman–Crippen LogP) is -0.709. The molecule has 1 fully saturated rings. The Hall–Kier alpha value is -1.43. The fraction of sp³-hybridized carbons (Fsp3) is 0.750. The van der Waals surface area contributed by atoms with Gasteiger partial charge in [0.2, 0.25) is 11.8 Å². The number of nitrogens with zero attached hydrogens (tertiary/aromatic N) is 1. The van der Waals surface area contributed by atoms with Crippen LogP contribution < -0.4 is 10.6 Å². The van der Waals surface area contributed by atoms with Gasteiger partial charge in [-0.1, -0.05) is 0 Å². The number of nitrogens with one attached hydrogen (secondary N) is 2. The average Bonchev–Trinajstić information content (AvgIpc) is 2.83. The molecule has 0 saturated carbocycles. The Balaban J connectivity index is 2.46. The Labute approximate surface area is 107 Å². The fourth-order valence-electron chi connectivity index (χ4n) is 2.04. The van der Waals surface area contributed by atoms with E-state index in [1.54, 1.807) is 18.9 Å². The van der Waals surface area contributed by atoms with Crippen LogP contribution in [0.4, 0.5) is 0 Å². The molecule has 0 aromatic heterocycles. The molecule has 6 nitrogen and oxygen atoms in total. The molecule has 6 heteroatoms. The summed E-state index contributed by atoms with van der Waals surface area (Å²) in [5.74, 6) is -0.399. The van der Waals surface area contributed by atoms with E-state index in [1.807, 2.05) is 0 Å². The van der Waals surface area contributed by atoms with E-state index in [0.29, 0.717) is 6.54 Å². The summed E-state index contributed by atoms with van der Waals surface area (Å²) in [6, 6.07) is -0.642. The Kier molecular flexibility index (Phi) is 5.27. The SMILES string of the molecule is CNC(C)C(=O)NCC(=O)N1CCCC1C(C)=O. The lowest BCUT2D eigenvalue weighted by Crippen LogP contribution is -2.48. The highest BCUT2D eigenvalue weighted by molar-refractivity contribution is 5.91. The van der Waals surface area contributed by atoms with Gasteiger partial charge in [-0.15, -0.1) is 0 Å². The number of carbonyl (C=O) groups is 3. The van der Waals surface area contributed by atoms with Gasteiger partial charge in [-0.3, -0.25) is 14.4 Å². The number of carbonyl (C=O) groups excluding carboxylic acids is 3. The molecule has 0 aromatic carbocycles. The number of ketones is 1. The van der Waals surface area contributed by atoms with Gasteiger partial charge in [0.05, 0.1) is 18.6 Å². The third kappa shape index (κ3) is 3.53. The minimum absolute atomic E-state index is 0.00997. The van der Waals surface area contributed by atoms with E-state index in [9.17, 15) is 14.4 Å². The van der Waals surface area contributed by atoms with Crippen LogP contribution in [0.1, 0.15) is 26.7 Å². The molecule has 1 aliphatic rings. The van der Waals surface area contributed by atoms with Crippen LogP contribution in [0.2, 0.25) is 0 Å². The topological polar surface area (TPSA) is 78.5 Å². The molecule has 2 atom stereocenters. The van der Waals surface area contributed by atoms with Gasteiger partial charge in [-0.2, -0.15) is 0 Å². The summed E-state index contributed by atoms with van der Waals surface area (Å²) < 4.78 is 0. The molecule has 0 spiro atoms. The monoisotopic (exact) mass is 255 g/mol. The van der Waals surface area contributed by atoms with Gasteiger partial charge >= 0.3 is 0 Å². The van der Waals surface area contributed by atoms with E-state index in [-0.39, 0.29) is 36.2 Å². The van der Waals surface area contributed by atoms with Gasteiger partial charge in [0.1, 0.15) is 0 Å². The second-order valence-electron chi connectivity index (χ2n) is 4.58. The number of Topliss-reactive ketones (excluding diaryl/α,β-unsaturated/α-hetero) is 1. The van der Waals surface area contributed by atoms with Crippen LogP contribution in [0.5, 0.6) is 0 Å². The van der Waals surface area contributed by atoms with Crippen molar-refractivity contribution >= 4 is 17.6 Å². The van der Waals surface area contributed by atoms with Crippen molar-refractivity contribution in [1.82, 2.24) is 15.5 Å². The second kappa shape index (κ2) is 6.49. The molecule has 18 heavy (non-hydrogen) atoms. The smallest absolute Gasteiger partial charge is 0.242 e. The molecule has 2 amide bonds. The van der Waals surface area contributed by atoms with Crippen molar-refractivity contribution in [3.05, 3.63) is 0 Å². The zero-order chi connectivity index (χ0) is 13.7. The van der Waals surface area contributed by atoms with Crippen molar-refractivity contribution in [1.29, 1.82) is 0 Å². The summed E-state index contributed by atoms with van der Waals surface area (Å²) in [4.78, 5) is 36.3. The molecule has 2 unspecified atom stereocenters. The van der Waals surface area contributed by atoms with Crippen molar-refractivity contribution < 1.29 is 14.4 Å². The summed E-state index contributed by atoms with van der Waals surface area (Å²) >= 11 is 0. The van der Waals surface area contributed by atoms with Gasteiger partial charge in [0.15, 0.2) is 5.78 Å². The molecule has 0 bridgehead atoms. The minimum atomic E-state index is -0.333. The van der Waals surface area contributed by atoms with Crippen LogP contribution in [0.15, 0.2) is 0 Å². The summed E-state index contributed by atoms with van der Waals surface area (Å²) in [5, 5.41) is 5.36. The lowest BCUT2D eigenvalue weighted by Gasteiger charge is -2.23. The normalized spacial score (nSPS) is 20.6. The zero-order valence-corrected chi connectivity index (χ0v) is 11.2. The van der Waals surface area contributed by atoms with Crippen molar-refractivity contribution in [3.8, 4) is 0 Å². The van der Waals surface area contributed by atoms with Crippen molar-refractivity contribution in [2.24, 2.45) is 0 Å². The Morgan fingerprint density at radius 2 is 2.06 bits per heavy atom. The summed E-state index contributed by atoms with van der Waals surface area (Å²) in [5.41, 5.74) is 0. The van der Waals surface area contributed by atoms with E-state index in [4.69, 9.17) is 0 Å². The number of likely N-dealkylation sites (tertiary alicyclic amines) is 1. The molecule has 1 saturated heterocycles. The highest BCUT2D eigenvalue weighted by Gasteiger charge is 2.31. The Bertz CT molecular complexity index is 343. The van der Waals surface area contributed by atoms with E-state index < -0.39 is 0 Å². The van der Waals surface area contributed by atoms with Crippen LogP contribution >= 0.6 is 0 Å². The molecule has 1 rings (SSSR count). The van der Waals surface area contributed by atoms with Crippen LogP contribution in [-0.4, -0.2) is 54.7 Å². The first-order chi connectivity index (χ1) is 8.47. The van der Waals surface area contributed by atoms with Crippen molar-refractivity contribution in [2.45, 2.75) is 38.8 Å². The second-order valence-corrected chi connectivity index (χ2v) is 4.58. The van der Waals surface area contributed by atoms with Crippen molar-refractivity contribution in [2.75, 3.05) is 20.1 Å². The molecular formula is C12H21N3O3. The highest BCUT2D eigenvalue weighted by Crippen LogP contribution is 2.17. The first kappa shape index (κ1) is 14.6. The van der Waals surface area contributed by atoms with Gasteiger partial charge in [0, 0.05) is 6.54 Å². The van der Waals surface area contributed by atoms with E-state index >= 15 is 0 Å². The van der Waals surface area contributed by atoms with E-state index in [0.717, 1.165) is 12.8 Å². The molecular weight excluding hydrogens is 234 g/mol. The molecule has 1 heterocycles. The summed E-state index contributed by atoms with van der Waals surface area (Å²) in [6.45, 7) is 3.77. The van der Waals surface area contributed by atoms with Crippen LogP contribution in [0.3, 0.4) is 0 Å². The largest absolute Gasteiger partial charge is 0.346 e. The quantitative estimate of drug-likeness (QED) is 0.680. The Morgan fingerprint density at radius 1 is 1.39 bits per heavy atom. The summed E-state index contributed by atoms with van der Waals surface area (Å²) in [7, 11) is 1.68. The predicted molar refractivity (Wildman–Crippen MR) is 66.9 cm³/mol. The maximum absolute atomic E-state index is 11.9. The third-order valence-electron chi connectivity index (χ3n) is 3.28. The minimum Gasteiger partial charge on any atom is -0.346 e. The van der Waals surface area contributed by atoms with Crippen LogP contribution in [-0.2, 0) is 14.4 Å². The Morgan fingerprint density at radius 3 is 2.61 bits per heavy atom.